The highest BCUT2D eigenvalue weighted by Gasteiger charge is 2.30. The highest BCUT2D eigenvalue weighted by molar-refractivity contribution is 7.15. The molecule has 3 rings (SSSR count). The van der Waals surface area contributed by atoms with Gasteiger partial charge < -0.3 is 9.84 Å². The lowest BCUT2D eigenvalue weighted by Crippen LogP contribution is -2.32. The normalized spacial score (nSPS) is 12.4. The van der Waals surface area contributed by atoms with E-state index in [-0.39, 0.29) is 6.61 Å². The summed E-state index contributed by atoms with van der Waals surface area (Å²) in [5.74, 6) is 0.745. The predicted molar refractivity (Wildman–Crippen MR) is 146 cm³/mol. The molecule has 37 heavy (non-hydrogen) atoms. The third-order valence-electron chi connectivity index (χ3n) is 6.08. The number of hydrogen-bond acceptors (Lipinski definition) is 4. The minimum absolute atomic E-state index is 0.0712. The summed E-state index contributed by atoms with van der Waals surface area (Å²) in [6.07, 6.45) is 5.91. The number of thiazole rings is 1. The van der Waals surface area contributed by atoms with Crippen molar-refractivity contribution in [2.45, 2.75) is 78.0 Å². The maximum atomic E-state index is 13.0. The summed E-state index contributed by atoms with van der Waals surface area (Å²) in [5.41, 5.74) is 2.48. The Balaban J connectivity index is 1.77. The van der Waals surface area contributed by atoms with Crippen LogP contribution in [0.1, 0.15) is 73.7 Å². The fourth-order valence-corrected chi connectivity index (χ4v) is 4.99. The van der Waals surface area contributed by atoms with E-state index in [2.05, 4.69) is 19.1 Å². The molecule has 0 spiro atoms. The summed E-state index contributed by atoms with van der Waals surface area (Å²) < 4.78 is 44.8. The van der Waals surface area contributed by atoms with Gasteiger partial charge in [-0.2, -0.15) is 13.2 Å². The Kier molecular flexibility index (Phi) is 9.96. The van der Waals surface area contributed by atoms with Crippen molar-refractivity contribution in [2.75, 3.05) is 6.61 Å². The van der Waals surface area contributed by atoms with Gasteiger partial charge in [0.1, 0.15) is 16.4 Å². The van der Waals surface area contributed by atoms with Crippen molar-refractivity contribution in [1.82, 2.24) is 4.98 Å². The number of ether oxygens (including phenoxy) is 1. The van der Waals surface area contributed by atoms with Crippen LogP contribution >= 0.6 is 11.3 Å². The van der Waals surface area contributed by atoms with Crippen LogP contribution in [0.5, 0.6) is 5.75 Å². The van der Waals surface area contributed by atoms with Crippen LogP contribution in [-0.4, -0.2) is 22.3 Å². The first-order valence-corrected chi connectivity index (χ1v) is 13.6. The Bertz CT molecular complexity index is 1180. The van der Waals surface area contributed by atoms with Crippen LogP contribution in [0.15, 0.2) is 48.5 Å². The maximum Gasteiger partial charge on any atom is 0.416 e. The van der Waals surface area contributed by atoms with Gasteiger partial charge in [0.25, 0.3) is 0 Å². The van der Waals surface area contributed by atoms with Gasteiger partial charge in [-0.05, 0) is 69.0 Å². The van der Waals surface area contributed by atoms with E-state index in [1.807, 2.05) is 39.0 Å². The Hall–Kier alpha value is -2.64. The van der Waals surface area contributed by atoms with Crippen molar-refractivity contribution in [3.63, 3.8) is 0 Å². The lowest BCUT2D eigenvalue weighted by atomic mass is 10.1. The van der Waals surface area contributed by atoms with Gasteiger partial charge in [0, 0.05) is 16.9 Å². The molecule has 7 heteroatoms. The Morgan fingerprint density at radius 1 is 1.03 bits per heavy atom. The molecule has 0 fully saturated rings. The molecule has 3 aromatic rings. The van der Waals surface area contributed by atoms with Gasteiger partial charge in [-0.3, -0.25) is 0 Å². The van der Waals surface area contributed by atoms with Crippen LogP contribution in [0.2, 0.25) is 0 Å². The number of aryl methyl sites for hydroxylation is 2. The minimum atomic E-state index is -4.35. The van der Waals surface area contributed by atoms with Crippen molar-refractivity contribution < 1.29 is 23.0 Å². The average molecular weight is 532 g/mol. The molecular formula is C30H36F3NO2S. The zero-order chi connectivity index (χ0) is 27.1. The molecule has 0 aliphatic rings. The number of alkyl halides is 3. The van der Waals surface area contributed by atoms with Crippen molar-refractivity contribution in [2.24, 2.45) is 0 Å². The molecule has 2 aromatic carbocycles. The Labute approximate surface area is 222 Å². The summed E-state index contributed by atoms with van der Waals surface area (Å²) in [5, 5.41) is 10.2. The maximum absolute atomic E-state index is 13.0. The van der Waals surface area contributed by atoms with E-state index in [0.717, 1.165) is 70.3 Å². The Morgan fingerprint density at radius 2 is 1.76 bits per heavy atom. The third kappa shape index (κ3) is 8.44. The summed E-state index contributed by atoms with van der Waals surface area (Å²) in [6, 6.07) is 11.2. The third-order valence-corrected chi connectivity index (χ3v) is 7.25. The highest BCUT2D eigenvalue weighted by Crippen LogP contribution is 2.34. The lowest BCUT2D eigenvalue weighted by Gasteiger charge is -2.25. The largest absolute Gasteiger partial charge is 0.485 e. The highest BCUT2D eigenvalue weighted by atomic mass is 32.1. The van der Waals surface area contributed by atoms with E-state index in [1.54, 1.807) is 11.3 Å². The average Bonchev–Trinajstić information content (AvgIpc) is 3.26. The number of rotatable bonds is 12. The van der Waals surface area contributed by atoms with Gasteiger partial charge in [0.2, 0.25) is 0 Å². The van der Waals surface area contributed by atoms with E-state index in [0.29, 0.717) is 12.0 Å². The van der Waals surface area contributed by atoms with Crippen molar-refractivity contribution in [1.29, 1.82) is 0 Å². The fourth-order valence-electron chi connectivity index (χ4n) is 3.91. The summed E-state index contributed by atoms with van der Waals surface area (Å²) in [4.78, 5) is 5.97. The first kappa shape index (κ1) is 28.9. The molecule has 1 N–H and O–H groups in total. The van der Waals surface area contributed by atoms with Crippen LogP contribution < -0.4 is 4.74 Å². The van der Waals surface area contributed by atoms with E-state index in [1.165, 1.54) is 18.6 Å². The standard InChI is InChI=1S/C30H36F3NO2S/c1-5-6-7-8-11-25-27(37-28(34-25)23-14-16-24(17-15-23)30(31,32)33)12-9-10-22-13-18-26(21(2)19-22)36-29(3,4)20-35/h9-10,13-19,35H,5-8,11-12,20H2,1-4H3/b10-9+. The summed E-state index contributed by atoms with van der Waals surface area (Å²) in [7, 11) is 0. The van der Waals surface area contributed by atoms with Crippen LogP contribution in [0.25, 0.3) is 16.6 Å². The number of nitrogens with zero attached hydrogens (tertiary/aromatic N) is 1. The molecule has 1 aromatic heterocycles. The Morgan fingerprint density at radius 3 is 2.38 bits per heavy atom. The first-order chi connectivity index (χ1) is 17.5. The molecule has 0 radical (unpaired) electrons. The second kappa shape index (κ2) is 12.7. The number of aliphatic hydroxyl groups excluding tert-OH is 1. The molecule has 0 aliphatic heterocycles. The molecule has 0 bridgehead atoms. The number of aromatic nitrogens is 1. The van der Waals surface area contributed by atoms with Crippen molar-refractivity contribution in [3.8, 4) is 16.3 Å². The monoisotopic (exact) mass is 531 g/mol. The number of allylic oxidation sites excluding steroid dienone is 1. The molecular weight excluding hydrogens is 495 g/mol. The number of halogens is 3. The molecule has 0 atom stereocenters. The summed E-state index contributed by atoms with van der Waals surface area (Å²) in [6.45, 7) is 7.77. The minimum Gasteiger partial charge on any atom is -0.485 e. The molecule has 0 saturated heterocycles. The number of hydrogen-bond donors (Lipinski definition) is 1. The van der Waals surface area contributed by atoms with Crippen molar-refractivity contribution in [3.05, 3.63) is 75.8 Å². The molecule has 0 saturated carbocycles. The van der Waals surface area contributed by atoms with Crippen LogP contribution in [0.4, 0.5) is 13.2 Å². The quantitative estimate of drug-likeness (QED) is 0.238. The van der Waals surface area contributed by atoms with E-state index in [4.69, 9.17) is 9.72 Å². The van der Waals surface area contributed by atoms with E-state index in [9.17, 15) is 18.3 Å². The van der Waals surface area contributed by atoms with Gasteiger partial charge in [0.05, 0.1) is 17.9 Å². The molecule has 0 unspecified atom stereocenters. The van der Waals surface area contributed by atoms with E-state index >= 15 is 0 Å². The van der Waals surface area contributed by atoms with Gasteiger partial charge in [0.15, 0.2) is 0 Å². The molecule has 200 valence electrons. The van der Waals surface area contributed by atoms with Crippen LogP contribution in [0, 0.1) is 6.92 Å². The summed E-state index contributed by atoms with van der Waals surface area (Å²) >= 11 is 1.55. The first-order valence-electron chi connectivity index (χ1n) is 12.8. The molecule has 3 nitrogen and oxygen atoms in total. The van der Waals surface area contributed by atoms with Gasteiger partial charge in [-0.1, -0.05) is 56.5 Å². The lowest BCUT2D eigenvalue weighted by molar-refractivity contribution is -0.137. The van der Waals surface area contributed by atoms with Crippen molar-refractivity contribution >= 4 is 17.4 Å². The fraction of sp³-hybridized carbons (Fsp3) is 0.433. The molecule has 0 aliphatic carbocycles. The molecule has 0 amide bonds. The zero-order valence-electron chi connectivity index (χ0n) is 22.0. The van der Waals surface area contributed by atoms with Gasteiger partial charge in [-0.25, -0.2) is 4.98 Å². The predicted octanol–water partition coefficient (Wildman–Crippen LogP) is 8.67. The van der Waals surface area contributed by atoms with Crippen LogP contribution in [-0.2, 0) is 19.0 Å². The second-order valence-corrected chi connectivity index (χ2v) is 11.0. The van der Waals surface area contributed by atoms with Gasteiger partial charge >= 0.3 is 6.18 Å². The van der Waals surface area contributed by atoms with Gasteiger partial charge in [-0.15, -0.1) is 11.3 Å². The topological polar surface area (TPSA) is 42.4 Å². The molecule has 1 heterocycles. The smallest absolute Gasteiger partial charge is 0.416 e. The number of unbranched alkanes of at least 4 members (excludes halogenated alkanes) is 3. The van der Waals surface area contributed by atoms with E-state index < -0.39 is 17.3 Å². The SMILES string of the molecule is CCCCCCc1nc(-c2ccc(C(F)(F)F)cc2)sc1C/C=C/c1ccc(OC(C)(C)CO)c(C)c1. The number of benzene rings is 2. The number of aliphatic hydroxyl groups is 1. The second-order valence-electron chi connectivity index (χ2n) is 9.93. The van der Waals surface area contributed by atoms with Crippen LogP contribution in [0.3, 0.4) is 0 Å². The zero-order valence-corrected chi connectivity index (χ0v) is 22.8.